The molecule has 276 valence electrons. The molecule has 7 nitrogen and oxygen atoms in total. The van der Waals surface area contributed by atoms with E-state index in [1.807, 2.05) is 6.20 Å². The smallest absolute Gasteiger partial charge is 0.337 e. The van der Waals surface area contributed by atoms with Crippen molar-refractivity contribution < 1.29 is 29.7 Å². The van der Waals surface area contributed by atoms with E-state index in [-0.39, 0.29) is 6.42 Å². The number of aryl methyl sites for hydroxylation is 1. The number of unbranched alkanes of at least 4 members (excludes halogenated alkanes) is 19. The standard InChI is InChI=1S/C42H67NO6/c44-40(45)33-29-25-21-17-13-9-5-1-3-7-11-15-19-23-27-31-37-35-43-36-39(42(48)49)38(37)32-28-24-20-16-12-8-4-2-6-10-14-18-22-26-30-34-41(46)47/h1-2,5-6,8,12,35-36H,3-4,7,9-11,13-34H2,(H,44,45)(H,46,47)(H,48,49). The number of carbonyl (C=O) groups is 3. The lowest BCUT2D eigenvalue weighted by atomic mass is 9.94. The molecule has 0 aliphatic heterocycles. The molecule has 0 atom stereocenters. The molecule has 0 spiro atoms. The predicted molar refractivity (Wildman–Crippen MR) is 201 cm³/mol. The van der Waals surface area contributed by atoms with E-state index >= 15 is 0 Å². The zero-order chi connectivity index (χ0) is 35.6. The largest absolute Gasteiger partial charge is 0.481 e. The number of hydrogen-bond acceptors (Lipinski definition) is 4. The number of carboxylic acid groups (broad SMARTS) is 3. The molecule has 0 aliphatic rings. The van der Waals surface area contributed by atoms with Gasteiger partial charge in [-0.15, -0.1) is 0 Å². The Morgan fingerprint density at radius 1 is 0.469 bits per heavy atom. The van der Waals surface area contributed by atoms with Crippen LogP contribution in [0.5, 0.6) is 0 Å². The monoisotopic (exact) mass is 681 g/mol. The molecule has 0 saturated carbocycles. The number of allylic oxidation sites excluding steroid dienone is 6. The van der Waals surface area contributed by atoms with Crippen LogP contribution in [0.2, 0.25) is 0 Å². The van der Waals surface area contributed by atoms with E-state index < -0.39 is 17.9 Å². The molecule has 0 bridgehead atoms. The van der Waals surface area contributed by atoms with E-state index in [1.54, 1.807) is 0 Å². The van der Waals surface area contributed by atoms with Gasteiger partial charge >= 0.3 is 17.9 Å². The Morgan fingerprint density at radius 3 is 1.33 bits per heavy atom. The highest BCUT2D eigenvalue weighted by Gasteiger charge is 2.14. The second-order valence-electron chi connectivity index (χ2n) is 13.4. The van der Waals surface area contributed by atoms with Crippen molar-refractivity contribution in [1.82, 2.24) is 4.98 Å². The third kappa shape index (κ3) is 27.3. The Hall–Kier alpha value is -3.22. The van der Waals surface area contributed by atoms with Crippen molar-refractivity contribution in [2.75, 3.05) is 0 Å². The van der Waals surface area contributed by atoms with Gasteiger partial charge in [0.2, 0.25) is 0 Å². The van der Waals surface area contributed by atoms with Crippen LogP contribution >= 0.6 is 0 Å². The van der Waals surface area contributed by atoms with Crippen LogP contribution < -0.4 is 0 Å². The lowest BCUT2D eigenvalue weighted by molar-refractivity contribution is -0.138. The highest BCUT2D eigenvalue weighted by atomic mass is 16.4. The summed E-state index contributed by atoms with van der Waals surface area (Å²) in [4.78, 5) is 37.2. The maximum atomic E-state index is 11.9. The van der Waals surface area contributed by atoms with E-state index in [1.165, 1.54) is 51.1 Å². The zero-order valence-corrected chi connectivity index (χ0v) is 30.4. The third-order valence-corrected chi connectivity index (χ3v) is 9.04. The van der Waals surface area contributed by atoms with Crippen molar-refractivity contribution in [2.45, 2.75) is 180 Å². The fraction of sp³-hybridized carbons (Fsp3) is 0.667. The van der Waals surface area contributed by atoms with Crippen LogP contribution in [-0.4, -0.2) is 38.2 Å². The highest BCUT2D eigenvalue weighted by molar-refractivity contribution is 5.89. The Kier molecular flexibility index (Phi) is 28.6. The molecule has 0 aliphatic carbocycles. The van der Waals surface area contributed by atoms with Crippen molar-refractivity contribution in [3.8, 4) is 0 Å². The Labute approximate surface area is 297 Å². The van der Waals surface area contributed by atoms with E-state index in [0.29, 0.717) is 12.0 Å². The lowest BCUT2D eigenvalue weighted by Gasteiger charge is -2.12. The molecule has 3 N–H and O–H groups in total. The Bertz CT molecular complexity index is 1090. The minimum absolute atomic E-state index is 0.287. The molecule has 49 heavy (non-hydrogen) atoms. The fourth-order valence-electron chi connectivity index (χ4n) is 6.13. The van der Waals surface area contributed by atoms with Gasteiger partial charge < -0.3 is 15.3 Å². The molecule has 1 aromatic rings. The van der Waals surface area contributed by atoms with Crippen molar-refractivity contribution in [1.29, 1.82) is 0 Å². The molecule has 0 aromatic carbocycles. The van der Waals surface area contributed by atoms with Crippen LogP contribution in [0.1, 0.15) is 188 Å². The average Bonchev–Trinajstić information content (AvgIpc) is 3.07. The van der Waals surface area contributed by atoms with E-state index in [2.05, 4.69) is 41.4 Å². The number of aromatic nitrogens is 1. The summed E-state index contributed by atoms with van der Waals surface area (Å²) in [5.41, 5.74) is 2.45. The number of carboxylic acids is 3. The fourth-order valence-corrected chi connectivity index (χ4v) is 6.13. The van der Waals surface area contributed by atoms with Gasteiger partial charge in [-0.05, 0) is 107 Å². The van der Waals surface area contributed by atoms with Gasteiger partial charge in [0, 0.05) is 25.2 Å². The summed E-state index contributed by atoms with van der Waals surface area (Å²) in [6.07, 6.45) is 45.5. The molecule has 0 fully saturated rings. The molecular formula is C42H67NO6. The minimum atomic E-state index is -0.877. The number of nitrogens with zero attached hydrogens (tertiary/aromatic N) is 1. The molecular weight excluding hydrogens is 614 g/mol. The van der Waals surface area contributed by atoms with Gasteiger partial charge in [-0.3, -0.25) is 14.6 Å². The maximum Gasteiger partial charge on any atom is 0.337 e. The summed E-state index contributed by atoms with van der Waals surface area (Å²) in [6, 6.07) is 0. The van der Waals surface area contributed by atoms with Gasteiger partial charge in [-0.25, -0.2) is 4.79 Å². The summed E-state index contributed by atoms with van der Waals surface area (Å²) in [7, 11) is 0. The molecule has 0 saturated heterocycles. The SMILES string of the molecule is O=C(O)CCCCCCCC=CCC=CCCCCCc1c(CCCCCCCCC=CCCCCCCCC(=O)O)cncc1C(=O)O. The number of aromatic carboxylic acids is 1. The average molecular weight is 682 g/mol. The first kappa shape index (κ1) is 43.8. The Morgan fingerprint density at radius 2 is 0.857 bits per heavy atom. The molecule has 7 heteroatoms. The Balaban J connectivity index is 2.13. The predicted octanol–water partition coefficient (Wildman–Crippen LogP) is 11.8. The van der Waals surface area contributed by atoms with E-state index in [4.69, 9.17) is 10.2 Å². The van der Waals surface area contributed by atoms with Crippen molar-refractivity contribution in [2.24, 2.45) is 0 Å². The second-order valence-corrected chi connectivity index (χ2v) is 13.4. The van der Waals surface area contributed by atoms with Crippen LogP contribution in [0.4, 0.5) is 0 Å². The lowest BCUT2D eigenvalue weighted by Crippen LogP contribution is -2.08. The van der Waals surface area contributed by atoms with Crippen LogP contribution in [0.3, 0.4) is 0 Å². The third-order valence-electron chi connectivity index (χ3n) is 9.04. The van der Waals surface area contributed by atoms with E-state index in [9.17, 15) is 19.5 Å². The van der Waals surface area contributed by atoms with Crippen LogP contribution in [0.25, 0.3) is 0 Å². The van der Waals surface area contributed by atoms with Gasteiger partial charge in [0.15, 0.2) is 0 Å². The first-order valence-electron chi connectivity index (χ1n) is 19.5. The van der Waals surface area contributed by atoms with Gasteiger partial charge in [-0.2, -0.15) is 0 Å². The molecule has 0 amide bonds. The van der Waals surface area contributed by atoms with Crippen LogP contribution in [0.15, 0.2) is 48.8 Å². The molecule has 0 unspecified atom stereocenters. The van der Waals surface area contributed by atoms with Crippen molar-refractivity contribution >= 4 is 17.9 Å². The van der Waals surface area contributed by atoms with Gasteiger partial charge in [0.1, 0.15) is 0 Å². The number of hydrogen-bond donors (Lipinski definition) is 3. The highest BCUT2D eigenvalue weighted by Crippen LogP contribution is 2.21. The molecule has 1 rings (SSSR count). The van der Waals surface area contributed by atoms with E-state index in [0.717, 1.165) is 133 Å². The normalized spacial score (nSPS) is 11.8. The summed E-state index contributed by atoms with van der Waals surface area (Å²) < 4.78 is 0. The summed E-state index contributed by atoms with van der Waals surface area (Å²) in [5, 5.41) is 27.1. The first-order valence-corrected chi connectivity index (χ1v) is 19.5. The molecule has 1 aromatic heterocycles. The summed E-state index contributed by atoms with van der Waals surface area (Å²) >= 11 is 0. The quantitative estimate of drug-likeness (QED) is 0.0488. The first-order chi connectivity index (χ1) is 23.9. The zero-order valence-electron chi connectivity index (χ0n) is 30.4. The second kappa shape index (κ2) is 32.0. The van der Waals surface area contributed by atoms with Gasteiger partial charge in [-0.1, -0.05) is 107 Å². The molecule has 0 radical (unpaired) electrons. The van der Waals surface area contributed by atoms with Gasteiger partial charge in [0.25, 0.3) is 0 Å². The topological polar surface area (TPSA) is 125 Å². The number of aliphatic carboxylic acids is 2. The minimum Gasteiger partial charge on any atom is -0.481 e. The van der Waals surface area contributed by atoms with Crippen molar-refractivity contribution in [3.05, 3.63) is 65.5 Å². The number of pyridine rings is 1. The van der Waals surface area contributed by atoms with Crippen LogP contribution in [-0.2, 0) is 22.4 Å². The number of rotatable bonds is 34. The van der Waals surface area contributed by atoms with Crippen LogP contribution in [0, 0.1) is 0 Å². The summed E-state index contributed by atoms with van der Waals surface area (Å²) in [6.45, 7) is 0. The van der Waals surface area contributed by atoms with Crippen molar-refractivity contribution in [3.63, 3.8) is 0 Å². The molecule has 1 heterocycles. The maximum absolute atomic E-state index is 11.9. The van der Waals surface area contributed by atoms with Gasteiger partial charge in [0.05, 0.1) is 5.56 Å². The summed E-state index contributed by atoms with van der Waals surface area (Å²) in [5.74, 6) is -2.26.